The van der Waals surface area contributed by atoms with Crippen LogP contribution in [0, 0.1) is 29.6 Å². The molecule has 53 heavy (non-hydrogen) atoms. The summed E-state index contributed by atoms with van der Waals surface area (Å²) in [5.74, 6) is -3.24. The molecule has 0 bridgehead atoms. The highest BCUT2D eigenvalue weighted by atomic mass is 16.5. The summed E-state index contributed by atoms with van der Waals surface area (Å²) in [7, 11) is 6.57. The molecule has 0 aromatic heterocycles. The fourth-order valence-electron chi connectivity index (χ4n) is 8.05. The lowest BCUT2D eigenvalue weighted by Crippen LogP contribution is -2.55. The summed E-state index contributed by atoms with van der Waals surface area (Å²) >= 11 is 0. The number of likely N-dealkylation sites (tertiary alicyclic amines) is 1. The molecule has 300 valence electrons. The molecular weight excluding hydrogens is 676 g/mol. The van der Waals surface area contributed by atoms with E-state index in [0.29, 0.717) is 12.8 Å². The molecule has 0 unspecified atom stereocenters. The topological polar surface area (TPSA) is 155 Å². The molecule has 1 aliphatic rings. The maximum atomic E-state index is 14.3. The van der Waals surface area contributed by atoms with Crippen LogP contribution in [-0.4, -0.2) is 115 Å². The van der Waals surface area contributed by atoms with Crippen molar-refractivity contribution in [2.24, 2.45) is 29.6 Å². The summed E-state index contributed by atoms with van der Waals surface area (Å²) in [6.07, 6.45) is 0.961. The maximum Gasteiger partial charge on any atom is 0.326 e. The van der Waals surface area contributed by atoms with Gasteiger partial charge in [-0.2, -0.15) is 0 Å². The van der Waals surface area contributed by atoms with Crippen molar-refractivity contribution in [1.82, 2.24) is 20.4 Å². The van der Waals surface area contributed by atoms with Gasteiger partial charge < -0.3 is 35.0 Å². The predicted octanol–water partition coefficient (Wildman–Crippen LogP) is 4.58. The van der Waals surface area contributed by atoms with Gasteiger partial charge in [0.1, 0.15) is 6.04 Å². The molecule has 12 heteroatoms. The minimum absolute atomic E-state index is 0.000401. The molecule has 2 rings (SSSR count). The lowest BCUT2D eigenvalue weighted by Gasteiger charge is -2.41. The largest absolute Gasteiger partial charge is 0.480 e. The number of likely N-dealkylation sites (N-methyl/N-ethyl adjacent to an activating group) is 2. The van der Waals surface area contributed by atoms with Crippen molar-refractivity contribution in [3.05, 3.63) is 35.9 Å². The number of nitrogens with zero attached hydrogens (tertiary/aromatic N) is 2. The molecule has 0 spiro atoms. The van der Waals surface area contributed by atoms with Crippen LogP contribution < -0.4 is 10.6 Å². The van der Waals surface area contributed by atoms with Gasteiger partial charge in [0, 0.05) is 46.1 Å². The average Bonchev–Trinajstić information content (AvgIpc) is 3.50. The van der Waals surface area contributed by atoms with Crippen LogP contribution in [0.2, 0.25) is 0 Å². The lowest BCUT2D eigenvalue weighted by atomic mass is 9.84. The Labute approximate surface area is 318 Å². The number of methoxy groups -OCH3 is 2. The Morgan fingerprint density at radius 1 is 0.943 bits per heavy atom. The molecule has 3 N–H and O–H groups in total. The van der Waals surface area contributed by atoms with Crippen molar-refractivity contribution >= 4 is 29.5 Å². The highest BCUT2D eigenvalue weighted by Crippen LogP contribution is 2.33. The number of benzene rings is 1. The van der Waals surface area contributed by atoms with Gasteiger partial charge in [-0.15, -0.1) is 0 Å². The Morgan fingerprint density at radius 2 is 1.57 bits per heavy atom. The summed E-state index contributed by atoms with van der Waals surface area (Å²) < 4.78 is 11.9. The first-order valence-electron chi connectivity index (χ1n) is 19.4. The van der Waals surface area contributed by atoms with Crippen LogP contribution in [0.4, 0.5) is 0 Å². The van der Waals surface area contributed by atoms with E-state index in [9.17, 15) is 29.1 Å². The third-order valence-corrected chi connectivity index (χ3v) is 11.4. The number of rotatable bonds is 22. The number of Topliss-reactive ketones (excluding diaryl/α,β-unsaturated/α-hetero) is 1. The number of nitrogens with one attached hydrogen (secondary N) is 2. The average molecular weight is 745 g/mol. The first-order chi connectivity index (χ1) is 24.9. The number of ketones is 1. The van der Waals surface area contributed by atoms with Gasteiger partial charge in [-0.1, -0.05) is 85.2 Å². The molecule has 12 nitrogen and oxygen atoms in total. The monoisotopic (exact) mass is 745 g/mol. The molecule has 1 heterocycles. The predicted molar refractivity (Wildman–Crippen MR) is 206 cm³/mol. The van der Waals surface area contributed by atoms with Gasteiger partial charge in [0.25, 0.3) is 0 Å². The molecule has 0 radical (unpaired) electrons. The zero-order valence-electron chi connectivity index (χ0n) is 34.3. The van der Waals surface area contributed by atoms with E-state index in [1.54, 1.807) is 37.9 Å². The summed E-state index contributed by atoms with van der Waals surface area (Å²) in [6.45, 7) is 15.6. The van der Waals surface area contributed by atoms with Crippen molar-refractivity contribution < 1.29 is 38.6 Å². The number of carbonyl (C=O) groups is 5. The minimum atomic E-state index is -1.14. The summed E-state index contributed by atoms with van der Waals surface area (Å²) in [4.78, 5) is 71.0. The van der Waals surface area contributed by atoms with E-state index in [4.69, 9.17) is 9.47 Å². The molecule has 1 aliphatic heterocycles. The zero-order chi connectivity index (χ0) is 40.2. The van der Waals surface area contributed by atoms with Crippen LogP contribution in [0.3, 0.4) is 0 Å². The van der Waals surface area contributed by atoms with E-state index in [-0.39, 0.29) is 66.7 Å². The normalized spacial score (nSPS) is 20.6. The molecule has 1 aromatic carbocycles. The number of hydrogen-bond donors (Lipinski definition) is 3. The van der Waals surface area contributed by atoms with Gasteiger partial charge in [0.2, 0.25) is 17.7 Å². The number of amides is 3. The molecule has 3 amide bonds. The number of hydrogen-bond acceptors (Lipinski definition) is 8. The fraction of sp³-hybridized carbons (Fsp3) is 0.732. The molecule has 1 aromatic rings. The first-order valence-corrected chi connectivity index (χ1v) is 19.4. The third-order valence-electron chi connectivity index (χ3n) is 11.4. The summed E-state index contributed by atoms with van der Waals surface area (Å²) in [5.41, 5.74) is 0.787. The Bertz CT molecular complexity index is 1340. The van der Waals surface area contributed by atoms with Gasteiger partial charge in [-0.25, -0.2) is 4.79 Å². The van der Waals surface area contributed by atoms with Crippen molar-refractivity contribution in [2.75, 3.05) is 28.3 Å². The third kappa shape index (κ3) is 12.1. The van der Waals surface area contributed by atoms with E-state index < -0.39 is 54.0 Å². The summed E-state index contributed by atoms with van der Waals surface area (Å²) in [5, 5.41) is 15.7. The second kappa shape index (κ2) is 21.5. The second-order valence-electron chi connectivity index (χ2n) is 15.7. The van der Waals surface area contributed by atoms with Crippen LogP contribution in [0.25, 0.3) is 0 Å². The standard InChI is InChI=1S/C41H68N4O8/c1-13-26(6)37(44(10)40(49)30(24(2)3)22-33(46)36(42-9)25(4)5)34(52-11)23-35(47)45-27(7)19-20-32(45)38(53-12)28(8)39(48)43-31(41(50)51)21-29-17-15-14-16-18-29/h14-18,24-28,30-32,34,36-38,42H,13,19-23H2,1-12H3,(H,43,48)(H,50,51)/t26-,27-,28+,30-,31-,32-,34+,36-,37-,38+/m0/s1. The van der Waals surface area contributed by atoms with Gasteiger partial charge in [-0.05, 0) is 50.1 Å². The Balaban J connectivity index is 2.31. The Kier molecular flexibility index (Phi) is 18.6. The van der Waals surface area contributed by atoms with Crippen LogP contribution in [0.5, 0.6) is 0 Å². The number of carboxylic acid groups (broad SMARTS) is 1. The Morgan fingerprint density at radius 3 is 2.06 bits per heavy atom. The number of carbonyl (C=O) groups excluding carboxylic acids is 4. The number of ether oxygens (including phenoxy) is 2. The van der Waals surface area contributed by atoms with Crippen LogP contribution in [0.1, 0.15) is 93.1 Å². The number of aliphatic carboxylic acids is 1. The molecule has 1 saturated heterocycles. The molecule has 0 aliphatic carbocycles. The molecule has 10 atom stereocenters. The highest BCUT2D eigenvalue weighted by Gasteiger charge is 2.45. The van der Waals surface area contributed by atoms with Crippen molar-refractivity contribution in [2.45, 2.75) is 136 Å². The van der Waals surface area contributed by atoms with Crippen LogP contribution in [-0.2, 0) is 39.9 Å². The summed E-state index contributed by atoms with van der Waals surface area (Å²) in [6, 6.07) is 6.62. The SMILES string of the molecule is CC[C@H](C)[C@@H]([C@@H](CC(=O)N1[C@@H](C)CC[C@H]1[C@H](OC)[C@@H](C)C(=O)N[C@@H](Cc1ccccc1)C(=O)O)OC)N(C)C(=O)[C@@H](CC(=O)[C@@H](NC)C(C)C)C(C)C. The first kappa shape index (κ1) is 45.8. The van der Waals surface area contributed by atoms with Crippen molar-refractivity contribution in [1.29, 1.82) is 0 Å². The smallest absolute Gasteiger partial charge is 0.326 e. The molecule has 0 saturated carbocycles. The van der Waals surface area contributed by atoms with E-state index >= 15 is 0 Å². The van der Waals surface area contributed by atoms with E-state index in [0.717, 1.165) is 12.0 Å². The number of carboxylic acids is 1. The van der Waals surface area contributed by atoms with E-state index in [1.165, 1.54) is 7.11 Å². The van der Waals surface area contributed by atoms with Gasteiger partial charge in [0.05, 0.1) is 42.7 Å². The zero-order valence-corrected chi connectivity index (χ0v) is 34.3. The van der Waals surface area contributed by atoms with Gasteiger partial charge >= 0.3 is 5.97 Å². The molecule has 1 fully saturated rings. The van der Waals surface area contributed by atoms with Crippen LogP contribution >= 0.6 is 0 Å². The van der Waals surface area contributed by atoms with Gasteiger partial charge in [-0.3, -0.25) is 19.2 Å². The van der Waals surface area contributed by atoms with Gasteiger partial charge in [0.15, 0.2) is 5.78 Å². The fourth-order valence-corrected chi connectivity index (χ4v) is 8.05. The van der Waals surface area contributed by atoms with Crippen molar-refractivity contribution in [3.8, 4) is 0 Å². The lowest BCUT2D eigenvalue weighted by molar-refractivity contribution is -0.150. The maximum absolute atomic E-state index is 14.3. The van der Waals surface area contributed by atoms with E-state index in [1.807, 2.05) is 78.8 Å². The minimum Gasteiger partial charge on any atom is -0.480 e. The Hall–Kier alpha value is -3.35. The van der Waals surface area contributed by atoms with E-state index in [2.05, 4.69) is 10.6 Å². The quantitative estimate of drug-likeness (QED) is 0.155. The second-order valence-corrected chi connectivity index (χ2v) is 15.7. The highest BCUT2D eigenvalue weighted by molar-refractivity contribution is 5.90. The van der Waals surface area contributed by atoms with Crippen molar-refractivity contribution in [3.63, 3.8) is 0 Å². The van der Waals surface area contributed by atoms with Crippen LogP contribution in [0.15, 0.2) is 30.3 Å². The molecular formula is C41H68N4O8.